The molecule has 0 bridgehead atoms. The molecule has 1 heterocycles. The number of hydrogen-bond acceptors (Lipinski definition) is 3. The largest absolute Gasteiger partial charge is 0.497 e. The van der Waals surface area contributed by atoms with Crippen molar-refractivity contribution in [2.45, 2.75) is 26.3 Å². The van der Waals surface area contributed by atoms with E-state index in [0.29, 0.717) is 11.4 Å². The van der Waals surface area contributed by atoms with Crippen LogP contribution in [0.2, 0.25) is 0 Å². The van der Waals surface area contributed by atoms with Gasteiger partial charge in [-0.25, -0.2) is 0 Å². The van der Waals surface area contributed by atoms with Crippen molar-refractivity contribution in [2.24, 2.45) is 0 Å². The van der Waals surface area contributed by atoms with Gasteiger partial charge >= 0.3 is 0 Å². The van der Waals surface area contributed by atoms with Gasteiger partial charge < -0.3 is 10.1 Å². The summed E-state index contributed by atoms with van der Waals surface area (Å²) >= 11 is 0. The number of nitrogens with zero attached hydrogens (tertiary/aromatic N) is 1. The Bertz CT molecular complexity index is 884. The Morgan fingerprint density at radius 3 is 2.65 bits per heavy atom. The molecular formula is C21H23N3O2. The van der Waals surface area contributed by atoms with Crippen LogP contribution in [-0.2, 0) is 0 Å². The van der Waals surface area contributed by atoms with Crippen molar-refractivity contribution in [1.29, 1.82) is 0 Å². The molecule has 2 aromatic carbocycles. The maximum absolute atomic E-state index is 12.6. The third-order valence-corrected chi connectivity index (χ3v) is 4.38. The first kappa shape index (κ1) is 17.7. The van der Waals surface area contributed by atoms with Gasteiger partial charge in [0, 0.05) is 5.56 Å². The maximum Gasteiger partial charge on any atom is 0.269 e. The van der Waals surface area contributed by atoms with Crippen molar-refractivity contribution in [1.82, 2.24) is 15.5 Å². The number of aryl methyl sites for hydroxylation is 1. The van der Waals surface area contributed by atoms with Gasteiger partial charge in [0.05, 0.1) is 18.8 Å². The van der Waals surface area contributed by atoms with Crippen LogP contribution in [0.25, 0.3) is 11.3 Å². The average molecular weight is 349 g/mol. The molecule has 26 heavy (non-hydrogen) atoms. The summed E-state index contributed by atoms with van der Waals surface area (Å²) in [5, 5.41) is 10.2. The highest BCUT2D eigenvalue weighted by atomic mass is 16.5. The van der Waals surface area contributed by atoms with E-state index in [4.69, 9.17) is 4.74 Å². The van der Waals surface area contributed by atoms with E-state index >= 15 is 0 Å². The lowest BCUT2D eigenvalue weighted by atomic mass is 10.0. The predicted octanol–water partition coefficient (Wildman–Crippen LogP) is 4.27. The van der Waals surface area contributed by atoms with Gasteiger partial charge in [-0.15, -0.1) is 0 Å². The molecule has 0 fully saturated rings. The smallest absolute Gasteiger partial charge is 0.269 e. The zero-order valence-electron chi connectivity index (χ0n) is 15.2. The third-order valence-electron chi connectivity index (χ3n) is 4.38. The number of methoxy groups -OCH3 is 1. The van der Waals surface area contributed by atoms with Crippen LogP contribution in [0.4, 0.5) is 0 Å². The van der Waals surface area contributed by atoms with Gasteiger partial charge in [-0.3, -0.25) is 9.89 Å². The SMILES string of the molecule is CCC(NC(=O)c1cc(-c2cccc(OC)c2)n[nH]1)c1ccc(C)cc1. The molecule has 0 aliphatic heterocycles. The normalized spacial score (nSPS) is 11.8. The second kappa shape index (κ2) is 7.87. The number of hydrogen-bond donors (Lipinski definition) is 2. The molecule has 5 heteroatoms. The fraction of sp³-hybridized carbons (Fsp3) is 0.238. The molecule has 0 saturated heterocycles. The number of carbonyl (C=O) groups excluding carboxylic acids is 1. The first-order valence-corrected chi connectivity index (χ1v) is 8.68. The van der Waals surface area contributed by atoms with Crippen LogP contribution in [-0.4, -0.2) is 23.2 Å². The number of H-pyrrole nitrogens is 1. The highest BCUT2D eigenvalue weighted by molar-refractivity contribution is 5.93. The van der Waals surface area contributed by atoms with Crippen LogP contribution in [0.3, 0.4) is 0 Å². The molecule has 0 saturated carbocycles. The summed E-state index contributed by atoms with van der Waals surface area (Å²) in [6, 6.07) is 17.5. The molecule has 1 atom stereocenters. The van der Waals surface area contributed by atoms with Gasteiger partial charge in [0.2, 0.25) is 0 Å². The molecule has 0 radical (unpaired) electrons. The zero-order chi connectivity index (χ0) is 18.5. The summed E-state index contributed by atoms with van der Waals surface area (Å²) in [6.45, 7) is 4.10. The van der Waals surface area contributed by atoms with E-state index in [9.17, 15) is 4.79 Å². The number of aromatic amines is 1. The molecule has 5 nitrogen and oxygen atoms in total. The highest BCUT2D eigenvalue weighted by Gasteiger charge is 2.16. The highest BCUT2D eigenvalue weighted by Crippen LogP contribution is 2.23. The van der Waals surface area contributed by atoms with Crippen LogP contribution >= 0.6 is 0 Å². The predicted molar refractivity (Wildman–Crippen MR) is 102 cm³/mol. The molecular weight excluding hydrogens is 326 g/mol. The molecule has 134 valence electrons. The van der Waals surface area contributed by atoms with Crippen molar-refractivity contribution in [3.63, 3.8) is 0 Å². The van der Waals surface area contributed by atoms with Gasteiger partial charge in [0.15, 0.2) is 0 Å². The van der Waals surface area contributed by atoms with Crippen LogP contribution < -0.4 is 10.1 Å². The van der Waals surface area contributed by atoms with E-state index in [1.165, 1.54) is 5.56 Å². The van der Waals surface area contributed by atoms with E-state index in [1.807, 2.05) is 31.2 Å². The molecule has 2 N–H and O–H groups in total. The minimum absolute atomic E-state index is 0.0355. The number of aromatic nitrogens is 2. The average Bonchev–Trinajstić information content (AvgIpc) is 3.17. The molecule has 3 aromatic rings. The quantitative estimate of drug-likeness (QED) is 0.698. The topological polar surface area (TPSA) is 67.0 Å². The number of nitrogens with one attached hydrogen (secondary N) is 2. The van der Waals surface area contributed by atoms with E-state index in [2.05, 4.69) is 46.7 Å². The molecule has 0 spiro atoms. The van der Waals surface area contributed by atoms with Gasteiger partial charge in [0.1, 0.15) is 11.4 Å². The first-order valence-electron chi connectivity index (χ1n) is 8.68. The van der Waals surface area contributed by atoms with Crippen molar-refractivity contribution in [2.75, 3.05) is 7.11 Å². The van der Waals surface area contributed by atoms with E-state index < -0.39 is 0 Å². The minimum Gasteiger partial charge on any atom is -0.497 e. The summed E-state index contributed by atoms with van der Waals surface area (Å²) in [6.07, 6.45) is 0.811. The van der Waals surface area contributed by atoms with Crippen molar-refractivity contribution < 1.29 is 9.53 Å². The second-order valence-electron chi connectivity index (χ2n) is 6.24. The molecule has 1 aromatic heterocycles. The second-order valence-corrected chi connectivity index (χ2v) is 6.24. The third kappa shape index (κ3) is 3.94. The Kier molecular flexibility index (Phi) is 5.37. The van der Waals surface area contributed by atoms with Crippen molar-refractivity contribution in [3.05, 3.63) is 71.4 Å². The van der Waals surface area contributed by atoms with Gasteiger partial charge in [-0.2, -0.15) is 5.10 Å². The lowest BCUT2D eigenvalue weighted by Gasteiger charge is -2.17. The molecule has 0 aliphatic rings. The molecule has 3 rings (SSSR count). The fourth-order valence-corrected chi connectivity index (χ4v) is 2.82. The van der Waals surface area contributed by atoms with E-state index in [1.54, 1.807) is 13.2 Å². The van der Waals surface area contributed by atoms with Crippen LogP contribution in [0.5, 0.6) is 5.75 Å². The zero-order valence-corrected chi connectivity index (χ0v) is 15.2. The van der Waals surface area contributed by atoms with Crippen molar-refractivity contribution in [3.8, 4) is 17.0 Å². The number of amides is 1. The molecule has 0 aliphatic carbocycles. The van der Waals surface area contributed by atoms with Gasteiger partial charge in [-0.1, -0.05) is 48.9 Å². The van der Waals surface area contributed by atoms with Crippen molar-refractivity contribution >= 4 is 5.91 Å². The lowest BCUT2D eigenvalue weighted by molar-refractivity contribution is 0.0930. The van der Waals surface area contributed by atoms with E-state index in [-0.39, 0.29) is 11.9 Å². The molecule has 1 unspecified atom stereocenters. The van der Waals surface area contributed by atoms with E-state index in [0.717, 1.165) is 23.3 Å². The monoisotopic (exact) mass is 349 g/mol. The van der Waals surface area contributed by atoms with Crippen LogP contribution in [0, 0.1) is 6.92 Å². The van der Waals surface area contributed by atoms with Gasteiger partial charge in [0.25, 0.3) is 5.91 Å². The number of benzene rings is 2. The minimum atomic E-state index is -0.168. The number of ether oxygens (including phenoxy) is 1. The standard InChI is InChI=1S/C21H23N3O2/c1-4-18(15-10-8-14(2)9-11-15)22-21(25)20-13-19(23-24-20)16-6-5-7-17(12-16)26-3/h5-13,18H,4H2,1-3H3,(H,22,25)(H,23,24). The summed E-state index contributed by atoms with van der Waals surface area (Å²) < 4.78 is 5.24. The fourth-order valence-electron chi connectivity index (χ4n) is 2.82. The summed E-state index contributed by atoms with van der Waals surface area (Å²) in [4.78, 5) is 12.6. The number of carbonyl (C=O) groups is 1. The Morgan fingerprint density at radius 1 is 1.19 bits per heavy atom. The number of rotatable bonds is 6. The Hall–Kier alpha value is -3.08. The summed E-state index contributed by atoms with van der Waals surface area (Å²) in [7, 11) is 1.62. The maximum atomic E-state index is 12.6. The first-order chi connectivity index (χ1) is 12.6. The Labute approximate surface area is 153 Å². The summed E-state index contributed by atoms with van der Waals surface area (Å²) in [5.41, 5.74) is 4.33. The van der Waals surface area contributed by atoms with Gasteiger partial charge in [-0.05, 0) is 37.1 Å². The van der Waals surface area contributed by atoms with Crippen LogP contribution in [0.15, 0.2) is 54.6 Å². The Morgan fingerprint density at radius 2 is 1.96 bits per heavy atom. The van der Waals surface area contributed by atoms with Crippen LogP contribution in [0.1, 0.15) is 41.0 Å². The molecule has 1 amide bonds. The summed E-state index contributed by atoms with van der Waals surface area (Å²) in [5.74, 6) is 0.584. The Balaban J connectivity index is 1.75. The lowest BCUT2D eigenvalue weighted by Crippen LogP contribution is -2.28.